The van der Waals surface area contributed by atoms with Crippen LogP contribution in [0.2, 0.25) is 0 Å². The van der Waals surface area contributed by atoms with Crippen molar-refractivity contribution in [3.8, 4) is 0 Å². The monoisotopic (exact) mass is 441 g/mol. The summed E-state index contributed by atoms with van der Waals surface area (Å²) in [6.07, 6.45) is 1.56. The van der Waals surface area contributed by atoms with E-state index in [-0.39, 0.29) is 17.4 Å². The number of benzene rings is 2. The van der Waals surface area contributed by atoms with Gasteiger partial charge >= 0.3 is 6.09 Å². The molecule has 0 N–H and O–H groups in total. The highest BCUT2D eigenvalue weighted by molar-refractivity contribution is 6.17. The van der Waals surface area contributed by atoms with Crippen LogP contribution in [0.1, 0.15) is 57.6 Å². The molecule has 2 aromatic rings. The van der Waals surface area contributed by atoms with Gasteiger partial charge < -0.3 is 4.74 Å². The second kappa shape index (κ2) is 9.44. The molecule has 1 heterocycles. The Bertz CT molecular complexity index is 895. The minimum Gasteiger partial charge on any atom is -0.441 e. The van der Waals surface area contributed by atoms with Crippen molar-refractivity contribution in [3.05, 3.63) is 71.8 Å². The van der Waals surface area contributed by atoms with Gasteiger partial charge in [0.25, 0.3) is 0 Å². The van der Waals surface area contributed by atoms with Gasteiger partial charge in [0.1, 0.15) is 5.60 Å². The van der Waals surface area contributed by atoms with Gasteiger partial charge in [-0.25, -0.2) is 9.69 Å². The molecule has 4 nitrogen and oxygen atoms in total. The largest absolute Gasteiger partial charge is 0.441 e. The minimum absolute atomic E-state index is 0.206. The third-order valence-electron chi connectivity index (χ3n) is 6.29. The van der Waals surface area contributed by atoms with Crippen molar-refractivity contribution in [2.24, 2.45) is 5.41 Å². The van der Waals surface area contributed by atoms with E-state index in [2.05, 4.69) is 13.8 Å². The van der Waals surface area contributed by atoms with E-state index in [1.165, 1.54) is 4.90 Å². The van der Waals surface area contributed by atoms with Crippen LogP contribution in [0.15, 0.2) is 60.7 Å². The zero-order valence-electron chi connectivity index (χ0n) is 18.8. The Hall–Kier alpha value is -2.33. The molecule has 0 unspecified atom stereocenters. The number of halogens is 1. The molecule has 0 aliphatic carbocycles. The molecular weight excluding hydrogens is 410 g/mol. The Labute approximate surface area is 190 Å². The van der Waals surface area contributed by atoms with Crippen molar-refractivity contribution >= 4 is 23.6 Å². The molecule has 1 aliphatic rings. The van der Waals surface area contributed by atoms with Crippen LogP contribution >= 0.6 is 11.6 Å². The van der Waals surface area contributed by atoms with Gasteiger partial charge in [-0.3, -0.25) is 4.79 Å². The van der Waals surface area contributed by atoms with Gasteiger partial charge in [0.15, 0.2) is 0 Å². The highest BCUT2D eigenvalue weighted by Gasteiger charge is 2.53. The van der Waals surface area contributed by atoms with Gasteiger partial charge in [0, 0.05) is 5.88 Å². The molecule has 31 heavy (non-hydrogen) atoms. The molecule has 5 heteroatoms. The maximum atomic E-state index is 14.0. The number of ether oxygens (including phenoxy) is 1. The molecule has 0 bridgehead atoms. The summed E-state index contributed by atoms with van der Waals surface area (Å²) in [6.45, 7) is 7.91. The fraction of sp³-hybridized carbons (Fsp3) is 0.462. The molecule has 0 radical (unpaired) electrons. The summed E-state index contributed by atoms with van der Waals surface area (Å²) < 4.78 is 5.69. The number of rotatable bonds is 8. The summed E-state index contributed by atoms with van der Waals surface area (Å²) in [6, 6.07) is 19.3. The Morgan fingerprint density at radius 1 is 1.10 bits per heavy atom. The lowest BCUT2D eigenvalue weighted by Crippen LogP contribution is -2.49. The number of amides is 2. The van der Waals surface area contributed by atoms with Crippen LogP contribution in [-0.4, -0.2) is 34.4 Å². The predicted molar refractivity (Wildman–Crippen MR) is 124 cm³/mol. The summed E-state index contributed by atoms with van der Waals surface area (Å²) in [5, 5.41) is 0. The first-order valence-electron chi connectivity index (χ1n) is 10.9. The van der Waals surface area contributed by atoms with E-state index in [1.807, 2.05) is 74.5 Å². The summed E-state index contributed by atoms with van der Waals surface area (Å²) in [4.78, 5) is 28.4. The number of carbonyl (C=O) groups is 2. The van der Waals surface area contributed by atoms with Crippen LogP contribution in [0.25, 0.3) is 0 Å². The molecule has 2 atom stereocenters. The molecule has 2 amide bonds. The highest BCUT2D eigenvalue weighted by Crippen LogP contribution is 2.43. The zero-order chi connectivity index (χ0) is 22.6. The molecule has 0 saturated carbocycles. The summed E-state index contributed by atoms with van der Waals surface area (Å²) in [7, 11) is 0. The van der Waals surface area contributed by atoms with Gasteiger partial charge in [-0.2, -0.15) is 0 Å². The van der Waals surface area contributed by atoms with Crippen molar-refractivity contribution in [2.45, 2.75) is 64.5 Å². The second-order valence-corrected chi connectivity index (χ2v) is 9.89. The number of hydrogen-bond donors (Lipinski definition) is 0. The summed E-state index contributed by atoms with van der Waals surface area (Å²) >= 11 is 5.97. The number of hydrogen-bond acceptors (Lipinski definition) is 3. The maximum absolute atomic E-state index is 14.0. The Balaban J connectivity index is 2.00. The van der Waals surface area contributed by atoms with Gasteiger partial charge in [0.05, 0.1) is 12.0 Å². The third-order valence-corrected chi connectivity index (χ3v) is 6.55. The Kier molecular flexibility index (Phi) is 7.10. The first-order chi connectivity index (χ1) is 14.7. The summed E-state index contributed by atoms with van der Waals surface area (Å²) in [5.41, 5.74) is 0.819. The van der Waals surface area contributed by atoms with Crippen LogP contribution in [0.4, 0.5) is 4.79 Å². The second-order valence-electron chi connectivity index (χ2n) is 9.51. The van der Waals surface area contributed by atoms with Crippen molar-refractivity contribution < 1.29 is 14.3 Å². The smallest absolute Gasteiger partial charge is 0.417 e. The minimum atomic E-state index is -0.774. The van der Waals surface area contributed by atoms with Crippen LogP contribution < -0.4 is 0 Å². The number of carbonyl (C=O) groups excluding carboxylic acids is 2. The van der Waals surface area contributed by atoms with Gasteiger partial charge in [-0.1, -0.05) is 74.5 Å². The van der Waals surface area contributed by atoms with E-state index in [1.54, 1.807) is 0 Å². The first kappa shape index (κ1) is 23.3. The maximum Gasteiger partial charge on any atom is 0.417 e. The molecule has 1 fully saturated rings. The average Bonchev–Trinajstić information content (AvgIpc) is 2.95. The molecule has 2 aromatic carbocycles. The average molecular weight is 442 g/mol. The quantitative estimate of drug-likeness (QED) is 0.459. The molecule has 1 aliphatic heterocycles. The van der Waals surface area contributed by atoms with Crippen molar-refractivity contribution in [3.63, 3.8) is 0 Å². The third kappa shape index (κ3) is 5.12. The molecule has 1 saturated heterocycles. The van der Waals surface area contributed by atoms with E-state index in [4.69, 9.17) is 16.3 Å². The zero-order valence-corrected chi connectivity index (χ0v) is 19.6. The van der Waals surface area contributed by atoms with Gasteiger partial charge in [-0.15, -0.1) is 11.6 Å². The molecule has 0 aromatic heterocycles. The predicted octanol–water partition coefficient (Wildman–Crippen LogP) is 6.18. The van der Waals surface area contributed by atoms with Gasteiger partial charge in [-0.05, 0) is 49.7 Å². The van der Waals surface area contributed by atoms with E-state index >= 15 is 0 Å². The van der Waals surface area contributed by atoms with E-state index in [9.17, 15) is 9.59 Å². The molecule has 0 spiro atoms. The lowest BCUT2D eigenvalue weighted by molar-refractivity contribution is -0.134. The normalized spacial score (nSPS) is 19.2. The van der Waals surface area contributed by atoms with Gasteiger partial charge in [0.2, 0.25) is 5.91 Å². The summed E-state index contributed by atoms with van der Waals surface area (Å²) in [5.74, 6) is -0.145. The SMILES string of the molecule is CC(C)(CCCCl)[C@H](C(=O)N1C(=O)OC(C)(C)[C@@H]1Cc1ccccc1)c1ccccc1. The lowest BCUT2D eigenvalue weighted by Gasteiger charge is -2.37. The van der Waals surface area contributed by atoms with Crippen LogP contribution in [0, 0.1) is 5.41 Å². The van der Waals surface area contributed by atoms with E-state index < -0.39 is 17.6 Å². The molecule has 166 valence electrons. The number of imide groups is 1. The number of cyclic esters (lactones) is 1. The van der Waals surface area contributed by atoms with Crippen LogP contribution in [0.3, 0.4) is 0 Å². The van der Waals surface area contributed by atoms with Crippen LogP contribution in [-0.2, 0) is 16.0 Å². The topological polar surface area (TPSA) is 46.6 Å². The van der Waals surface area contributed by atoms with Crippen molar-refractivity contribution in [2.75, 3.05) is 5.88 Å². The molecule has 3 rings (SSSR count). The van der Waals surface area contributed by atoms with Crippen LogP contribution in [0.5, 0.6) is 0 Å². The fourth-order valence-electron chi connectivity index (χ4n) is 4.58. The lowest BCUT2D eigenvalue weighted by atomic mass is 9.71. The number of nitrogens with zero attached hydrogens (tertiary/aromatic N) is 1. The first-order valence-corrected chi connectivity index (χ1v) is 11.4. The fourth-order valence-corrected chi connectivity index (χ4v) is 4.71. The Morgan fingerprint density at radius 2 is 1.68 bits per heavy atom. The standard InChI is InChI=1S/C26H32ClNO3/c1-25(2,16-11-17-27)22(20-14-9-6-10-15-20)23(29)28-21(26(3,4)31-24(28)30)18-19-12-7-5-8-13-19/h5-10,12-15,21-22H,11,16-18H2,1-4H3/t21-,22-/m0/s1. The highest BCUT2D eigenvalue weighted by atomic mass is 35.5. The number of alkyl halides is 1. The van der Waals surface area contributed by atoms with Crippen molar-refractivity contribution in [1.29, 1.82) is 0 Å². The Morgan fingerprint density at radius 3 is 2.26 bits per heavy atom. The van der Waals surface area contributed by atoms with E-state index in [0.717, 1.165) is 24.0 Å². The molecular formula is C26H32ClNO3. The van der Waals surface area contributed by atoms with E-state index in [0.29, 0.717) is 12.3 Å². The van der Waals surface area contributed by atoms with Crippen molar-refractivity contribution in [1.82, 2.24) is 4.90 Å².